The molecule has 2 aliphatic heterocycles. The Morgan fingerprint density at radius 2 is 1.93 bits per heavy atom. The van der Waals surface area contributed by atoms with Crippen LogP contribution in [0.5, 0.6) is 11.5 Å². The molecule has 3 heterocycles. The van der Waals surface area contributed by atoms with Crippen molar-refractivity contribution in [3.63, 3.8) is 0 Å². The van der Waals surface area contributed by atoms with Crippen LogP contribution in [0.15, 0.2) is 41.2 Å². The van der Waals surface area contributed by atoms with Gasteiger partial charge in [-0.25, -0.2) is 0 Å². The van der Waals surface area contributed by atoms with E-state index in [-0.39, 0.29) is 17.7 Å². The molecule has 2 aromatic rings. The molecule has 4 rings (SSSR count). The number of ether oxygens (including phenoxy) is 2. The minimum Gasteiger partial charge on any atom is -0.497 e. The van der Waals surface area contributed by atoms with Gasteiger partial charge in [0, 0.05) is 26.2 Å². The van der Waals surface area contributed by atoms with Gasteiger partial charge in [0.1, 0.15) is 24.4 Å². The van der Waals surface area contributed by atoms with Crippen LogP contribution in [0.4, 0.5) is 0 Å². The summed E-state index contributed by atoms with van der Waals surface area (Å²) in [4.78, 5) is 29.2. The second-order valence-corrected chi connectivity index (χ2v) is 7.17. The molecule has 0 unspecified atom stereocenters. The number of carbonyl (C=O) groups is 2. The van der Waals surface area contributed by atoms with Crippen LogP contribution in [0, 0.1) is 5.92 Å². The monoisotopic (exact) mass is 384 g/mol. The van der Waals surface area contributed by atoms with Crippen LogP contribution in [0.1, 0.15) is 22.3 Å². The van der Waals surface area contributed by atoms with Gasteiger partial charge >= 0.3 is 0 Å². The largest absolute Gasteiger partial charge is 0.497 e. The van der Waals surface area contributed by atoms with E-state index in [9.17, 15) is 9.59 Å². The van der Waals surface area contributed by atoms with E-state index in [0.717, 1.165) is 23.5 Å². The lowest BCUT2D eigenvalue weighted by Crippen LogP contribution is -2.43. The Morgan fingerprint density at radius 3 is 2.71 bits per heavy atom. The number of hydrogen-bond donors (Lipinski definition) is 0. The average molecular weight is 384 g/mol. The molecule has 0 saturated carbocycles. The fourth-order valence-electron chi connectivity index (χ4n) is 3.82. The Morgan fingerprint density at radius 1 is 1.11 bits per heavy atom. The molecule has 1 aromatic carbocycles. The number of nitrogens with zero attached hydrogens (tertiary/aromatic N) is 2. The molecule has 7 nitrogen and oxygen atoms in total. The summed E-state index contributed by atoms with van der Waals surface area (Å²) in [6, 6.07) is 7.35. The normalized spacial score (nSPS) is 19.4. The van der Waals surface area contributed by atoms with Gasteiger partial charge < -0.3 is 23.7 Å². The van der Waals surface area contributed by atoms with Crippen LogP contribution in [0.25, 0.3) is 0 Å². The molecular weight excluding hydrogens is 360 g/mol. The van der Waals surface area contributed by atoms with Gasteiger partial charge in [-0.3, -0.25) is 9.59 Å². The lowest BCUT2D eigenvalue weighted by molar-refractivity contribution is -0.136. The maximum atomic E-state index is 13.1. The number of hydrogen-bond acceptors (Lipinski definition) is 5. The highest BCUT2D eigenvalue weighted by molar-refractivity contribution is 5.93. The third kappa shape index (κ3) is 3.69. The Hall–Kier alpha value is -2.96. The fourth-order valence-corrected chi connectivity index (χ4v) is 3.82. The fraction of sp³-hybridized carbons (Fsp3) is 0.429. The summed E-state index contributed by atoms with van der Waals surface area (Å²) in [5, 5.41) is 0. The van der Waals surface area contributed by atoms with Crippen LogP contribution >= 0.6 is 0 Å². The average Bonchev–Trinajstić information content (AvgIpc) is 3.16. The molecule has 1 fully saturated rings. The van der Waals surface area contributed by atoms with E-state index < -0.39 is 0 Å². The number of furan rings is 1. The zero-order valence-electron chi connectivity index (χ0n) is 15.9. The number of carbonyl (C=O) groups excluding carboxylic acids is 2. The SMILES string of the molecule is COc1ccc2c(c1)C[C@H](C(=O)N1CCCN(C(=O)c3ccoc3)CC1)CO2. The van der Waals surface area contributed by atoms with Crippen molar-refractivity contribution in [3.05, 3.63) is 47.9 Å². The van der Waals surface area contributed by atoms with Crippen molar-refractivity contribution < 1.29 is 23.5 Å². The molecule has 1 saturated heterocycles. The van der Waals surface area contributed by atoms with Crippen LogP contribution in [-0.4, -0.2) is 61.5 Å². The van der Waals surface area contributed by atoms with E-state index in [2.05, 4.69) is 0 Å². The predicted molar refractivity (Wildman–Crippen MR) is 101 cm³/mol. The van der Waals surface area contributed by atoms with Crippen molar-refractivity contribution in [2.75, 3.05) is 39.9 Å². The molecule has 0 N–H and O–H groups in total. The molecule has 1 aromatic heterocycles. The summed E-state index contributed by atoms with van der Waals surface area (Å²) in [6.45, 7) is 2.72. The molecule has 148 valence electrons. The number of amides is 2. The lowest BCUT2D eigenvalue weighted by Gasteiger charge is -2.30. The molecule has 0 bridgehead atoms. The van der Waals surface area contributed by atoms with Gasteiger partial charge in [0.05, 0.1) is 24.9 Å². The highest BCUT2D eigenvalue weighted by atomic mass is 16.5. The van der Waals surface area contributed by atoms with Gasteiger partial charge in [0.25, 0.3) is 5.91 Å². The summed E-state index contributed by atoms with van der Waals surface area (Å²) in [5.74, 6) is 1.41. The standard InChI is InChI=1S/C21H24N2O5/c1-26-18-3-4-19-16(12-18)11-17(14-28-19)21(25)23-7-2-6-22(8-9-23)20(24)15-5-10-27-13-15/h3-5,10,12-13,17H,2,6-9,11,14H2,1H3/t17-/m0/s1. The Balaban J connectivity index is 1.39. The van der Waals surface area contributed by atoms with Crippen molar-refractivity contribution in [1.82, 2.24) is 9.80 Å². The zero-order valence-corrected chi connectivity index (χ0v) is 15.9. The van der Waals surface area contributed by atoms with Crippen molar-refractivity contribution in [2.24, 2.45) is 5.92 Å². The van der Waals surface area contributed by atoms with E-state index >= 15 is 0 Å². The highest BCUT2D eigenvalue weighted by Gasteiger charge is 2.31. The molecule has 0 radical (unpaired) electrons. The first-order valence-electron chi connectivity index (χ1n) is 9.55. The first-order valence-corrected chi connectivity index (χ1v) is 9.55. The van der Waals surface area contributed by atoms with E-state index in [1.165, 1.54) is 12.5 Å². The van der Waals surface area contributed by atoms with Crippen molar-refractivity contribution >= 4 is 11.8 Å². The van der Waals surface area contributed by atoms with Gasteiger partial charge in [-0.2, -0.15) is 0 Å². The van der Waals surface area contributed by atoms with E-state index in [1.807, 2.05) is 23.1 Å². The van der Waals surface area contributed by atoms with Crippen LogP contribution in [-0.2, 0) is 11.2 Å². The van der Waals surface area contributed by atoms with Gasteiger partial charge in [-0.05, 0) is 42.7 Å². The van der Waals surface area contributed by atoms with Gasteiger partial charge in [0.15, 0.2) is 0 Å². The van der Waals surface area contributed by atoms with Crippen molar-refractivity contribution in [2.45, 2.75) is 12.8 Å². The van der Waals surface area contributed by atoms with Crippen molar-refractivity contribution in [3.8, 4) is 11.5 Å². The van der Waals surface area contributed by atoms with E-state index in [1.54, 1.807) is 18.1 Å². The molecule has 1 atom stereocenters. The quantitative estimate of drug-likeness (QED) is 0.811. The Bertz CT molecular complexity index is 848. The number of methoxy groups -OCH3 is 1. The summed E-state index contributed by atoms with van der Waals surface area (Å²) in [7, 11) is 1.63. The zero-order chi connectivity index (χ0) is 19.5. The molecule has 0 spiro atoms. The first-order chi connectivity index (χ1) is 13.7. The molecule has 0 aliphatic carbocycles. The molecule has 7 heteroatoms. The Kier molecular flexibility index (Phi) is 5.23. The maximum absolute atomic E-state index is 13.1. The topological polar surface area (TPSA) is 72.2 Å². The second kappa shape index (κ2) is 7.96. The van der Waals surface area contributed by atoms with Gasteiger partial charge in [-0.15, -0.1) is 0 Å². The van der Waals surface area contributed by atoms with E-state index in [4.69, 9.17) is 13.9 Å². The third-order valence-corrected chi connectivity index (χ3v) is 5.39. The molecular formula is C21H24N2O5. The van der Waals surface area contributed by atoms with Crippen LogP contribution < -0.4 is 9.47 Å². The molecule has 2 amide bonds. The van der Waals surface area contributed by atoms with Crippen LogP contribution in [0.2, 0.25) is 0 Å². The molecule has 28 heavy (non-hydrogen) atoms. The minimum absolute atomic E-state index is 0.0509. The second-order valence-electron chi connectivity index (χ2n) is 7.17. The van der Waals surface area contributed by atoms with E-state index in [0.29, 0.717) is 44.8 Å². The molecule has 2 aliphatic rings. The smallest absolute Gasteiger partial charge is 0.257 e. The summed E-state index contributed by atoms with van der Waals surface area (Å²) < 4.78 is 16.1. The highest BCUT2D eigenvalue weighted by Crippen LogP contribution is 2.31. The predicted octanol–water partition coefficient (Wildman–Crippen LogP) is 2.21. The number of fused-ring (bicyclic) bond motifs is 1. The summed E-state index contributed by atoms with van der Waals surface area (Å²) >= 11 is 0. The number of benzene rings is 1. The lowest BCUT2D eigenvalue weighted by atomic mass is 9.95. The summed E-state index contributed by atoms with van der Waals surface area (Å²) in [6.07, 6.45) is 4.35. The van der Waals surface area contributed by atoms with Crippen molar-refractivity contribution in [1.29, 1.82) is 0 Å². The minimum atomic E-state index is -0.212. The van der Waals surface area contributed by atoms with Gasteiger partial charge in [-0.1, -0.05) is 0 Å². The summed E-state index contributed by atoms with van der Waals surface area (Å²) in [5.41, 5.74) is 1.54. The third-order valence-electron chi connectivity index (χ3n) is 5.39. The van der Waals surface area contributed by atoms with Crippen LogP contribution in [0.3, 0.4) is 0 Å². The number of rotatable bonds is 3. The van der Waals surface area contributed by atoms with Gasteiger partial charge in [0.2, 0.25) is 5.91 Å². The maximum Gasteiger partial charge on any atom is 0.257 e. The first kappa shape index (κ1) is 18.4. The Labute approximate surface area is 163 Å².